The average molecular weight is 222 g/mol. The molecular formula is C13H19FN2. The first-order valence-corrected chi connectivity index (χ1v) is 5.72. The third-order valence-electron chi connectivity index (χ3n) is 3.48. The van der Waals surface area contributed by atoms with E-state index in [1.807, 2.05) is 25.1 Å². The summed E-state index contributed by atoms with van der Waals surface area (Å²) in [6.45, 7) is 0.705. The van der Waals surface area contributed by atoms with Gasteiger partial charge in [-0.15, -0.1) is 0 Å². The minimum atomic E-state index is -0.159. The van der Waals surface area contributed by atoms with Crippen LogP contribution in [0, 0.1) is 11.2 Å². The predicted octanol–water partition coefficient (Wildman–Crippen LogP) is 2.17. The second-order valence-electron chi connectivity index (χ2n) is 5.05. The van der Waals surface area contributed by atoms with E-state index < -0.39 is 0 Å². The van der Waals surface area contributed by atoms with Gasteiger partial charge in [-0.3, -0.25) is 0 Å². The molecule has 0 bridgehead atoms. The molecule has 0 radical (unpaired) electrons. The standard InChI is InChI=1S/C13H19FN2/c1-16(2)12-4-3-11(14)7-10(12)8-13(9-15)5-6-13/h3-4,7H,5-6,8-9,15H2,1-2H3. The molecule has 0 unspecified atom stereocenters. The SMILES string of the molecule is CN(C)c1ccc(F)cc1CC1(CN)CC1. The maximum absolute atomic E-state index is 13.3. The van der Waals surface area contributed by atoms with Crippen LogP contribution < -0.4 is 10.6 Å². The molecule has 3 heteroatoms. The highest BCUT2D eigenvalue weighted by molar-refractivity contribution is 5.53. The number of hydrogen-bond acceptors (Lipinski definition) is 2. The molecule has 0 atom stereocenters. The number of hydrogen-bond donors (Lipinski definition) is 1. The van der Waals surface area contributed by atoms with Crippen molar-refractivity contribution in [1.29, 1.82) is 0 Å². The maximum Gasteiger partial charge on any atom is 0.123 e. The summed E-state index contributed by atoms with van der Waals surface area (Å²) in [5.41, 5.74) is 8.20. The van der Waals surface area contributed by atoms with Crippen molar-refractivity contribution in [3.8, 4) is 0 Å². The van der Waals surface area contributed by atoms with Crippen molar-refractivity contribution in [2.45, 2.75) is 19.3 Å². The zero-order valence-electron chi connectivity index (χ0n) is 9.96. The summed E-state index contributed by atoms with van der Waals surface area (Å²) in [7, 11) is 3.97. The number of rotatable bonds is 4. The summed E-state index contributed by atoms with van der Waals surface area (Å²) in [4.78, 5) is 2.03. The Bertz CT molecular complexity index is 384. The zero-order valence-corrected chi connectivity index (χ0v) is 9.96. The van der Waals surface area contributed by atoms with E-state index in [9.17, 15) is 4.39 Å². The van der Waals surface area contributed by atoms with Crippen LogP contribution in [0.4, 0.5) is 10.1 Å². The van der Waals surface area contributed by atoms with Gasteiger partial charge in [0.05, 0.1) is 0 Å². The number of nitrogens with two attached hydrogens (primary N) is 1. The lowest BCUT2D eigenvalue weighted by Crippen LogP contribution is -2.20. The summed E-state index contributed by atoms with van der Waals surface area (Å²) in [5.74, 6) is -0.159. The van der Waals surface area contributed by atoms with Gasteiger partial charge in [-0.25, -0.2) is 4.39 Å². The molecule has 2 nitrogen and oxygen atoms in total. The molecule has 1 aromatic rings. The molecule has 2 rings (SSSR count). The molecule has 1 saturated carbocycles. The number of halogens is 1. The highest BCUT2D eigenvalue weighted by Crippen LogP contribution is 2.48. The molecule has 0 amide bonds. The molecule has 88 valence electrons. The van der Waals surface area contributed by atoms with Gasteiger partial charge in [0, 0.05) is 19.8 Å². The van der Waals surface area contributed by atoms with Crippen LogP contribution in [0.1, 0.15) is 18.4 Å². The van der Waals surface area contributed by atoms with Gasteiger partial charge >= 0.3 is 0 Å². The van der Waals surface area contributed by atoms with Crippen LogP contribution in [0.2, 0.25) is 0 Å². The van der Waals surface area contributed by atoms with Gasteiger partial charge in [0.25, 0.3) is 0 Å². The maximum atomic E-state index is 13.3. The van der Waals surface area contributed by atoms with Crippen LogP contribution in [-0.4, -0.2) is 20.6 Å². The van der Waals surface area contributed by atoms with Gasteiger partial charge in [-0.2, -0.15) is 0 Å². The summed E-state index contributed by atoms with van der Waals surface area (Å²) >= 11 is 0. The second-order valence-corrected chi connectivity index (χ2v) is 5.05. The predicted molar refractivity (Wildman–Crippen MR) is 65.2 cm³/mol. The van der Waals surface area contributed by atoms with Gasteiger partial charge in [0.15, 0.2) is 0 Å². The Kier molecular flexibility index (Phi) is 2.89. The van der Waals surface area contributed by atoms with Gasteiger partial charge in [0.1, 0.15) is 5.82 Å². The van der Waals surface area contributed by atoms with E-state index >= 15 is 0 Å². The van der Waals surface area contributed by atoms with Crippen molar-refractivity contribution in [3.05, 3.63) is 29.6 Å². The second kappa shape index (κ2) is 4.06. The molecule has 0 aliphatic heterocycles. The molecular weight excluding hydrogens is 203 g/mol. The summed E-state index contributed by atoms with van der Waals surface area (Å²) < 4.78 is 13.3. The minimum Gasteiger partial charge on any atom is -0.377 e. The number of benzene rings is 1. The molecule has 16 heavy (non-hydrogen) atoms. The Morgan fingerprint density at radius 3 is 2.56 bits per heavy atom. The van der Waals surface area contributed by atoms with E-state index in [1.54, 1.807) is 6.07 Å². The Labute approximate surface area is 96.2 Å². The van der Waals surface area contributed by atoms with Crippen molar-refractivity contribution < 1.29 is 4.39 Å². The first kappa shape index (κ1) is 11.4. The van der Waals surface area contributed by atoms with Crippen molar-refractivity contribution in [3.63, 3.8) is 0 Å². The van der Waals surface area contributed by atoms with E-state index in [4.69, 9.17) is 5.73 Å². The zero-order chi connectivity index (χ0) is 11.8. The Morgan fingerprint density at radius 2 is 2.06 bits per heavy atom. The fraction of sp³-hybridized carbons (Fsp3) is 0.538. The van der Waals surface area contributed by atoms with E-state index in [0.29, 0.717) is 6.54 Å². The van der Waals surface area contributed by atoms with E-state index in [1.165, 1.54) is 18.9 Å². The van der Waals surface area contributed by atoms with Crippen molar-refractivity contribution in [1.82, 2.24) is 0 Å². The van der Waals surface area contributed by atoms with Crippen molar-refractivity contribution in [2.75, 3.05) is 25.5 Å². The van der Waals surface area contributed by atoms with Crippen LogP contribution in [0.3, 0.4) is 0 Å². The molecule has 0 aromatic heterocycles. The Morgan fingerprint density at radius 1 is 1.38 bits per heavy atom. The molecule has 0 spiro atoms. The van der Waals surface area contributed by atoms with Crippen LogP contribution in [0.15, 0.2) is 18.2 Å². The number of nitrogens with zero attached hydrogens (tertiary/aromatic N) is 1. The summed E-state index contributed by atoms with van der Waals surface area (Å²) in [5, 5.41) is 0. The average Bonchev–Trinajstić information content (AvgIpc) is 2.98. The molecule has 2 N–H and O–H groups in total. The molecule has 1 aliphatic rings. The molecule has 1 fully saturated rings. The number of anilines is 1. The van der Waals surface area contributed by atoms with E-state index in [-0.39, 0.29) is 11.2 Å². The Hall–Kier alpha value is -1.09. The summed E-state index contributed by atoms with van der Waals surface area (Å²) in [6, 6.07) is 5.00. The Balaban J connectivity index is 2.27. The largest absolute Gasteiger partial charge is 0.377 e. The van der Waals surface area contributed by atoms with Crippen LogP contribution >= 0.6 is 0 Å². The first-order valence-electron chi connectivity index (χ1n) is 5.72. The van der Waals surface area contributed by atoms with Gasteiger partial charge in [-0.05, 0) is 55.0 Å². The monoisotopic (exact) mass is 222 g/mol. The van der Waals surface area contributed by atoms with Gasteiger partial charge < -0.3 is 10.6 Å². The van der Waals surface area contributed by atoms with Crippen molar-refractivity contribution in [2.24, 2.45) is 11.1 Å². The topological polar surface area (TPSA) is 29.3 Å². The van der Waals surface area contributed by atoms with Crippen LogP contribution in [0.5, 0.6) is 0 Å². The minimum absolute atomic E-state index is 0.159. The van der Waals surface area contributed by atoms with Gasteiger partial charge in [0.2, 0.25) is 0 Å². The van der Waals surface area contributed by atoms with Crippen molar-refractivity contribution >= 4 is 5.69 Å². The smallest absolute Gasteiger partial charge is 0.123 e. The van der Waals surface area contributed by atoms with Crippen LogP contribution in [0.25, 0.3) is 0 Å². The lowest BCUT2D eigenvalue weighted by molar-refractivity contribution is 0.518. The molecule has 1 aromatic carbocycles. The fourth-order valence-corrected chi connectivity index (χ4v) is 2.17. The molecule has 0 saturated heterocycles. The van der Waals surface area contributed by atoms with Crippen LogP contribution in [-0.2, 0) is 6.42 Å². The third kappa shape index (κ3) is 2.19. The lowest BCUT2D eigenvalue weighted by atomic mass is 9.95. The highest BCUT2D eigenvalue weighted by Gasteiger charge is 2.41. The molecule has 1 aliphatic carbocycles. The normalized spacial score (nSPS) is 17.2. The highest BCUT2D eigenvalue weighted by atomic mass is 19.1. The summed E-state index contributed by atoms with van der Waals surface area (Å²) in [6.07, 6.45) is 3.24. The quantitative estimate of drug-likeness (QED) is 0.846. The van der Waals surface area contributed by atoms with E-state index in [2.05, 4.69) is 0 Å². The van der Waals surface area contributed by atoms with Gasteiger partial charge in [-0.1, -0.05) is 0 Å². The third-order valence-corrected chi connectivity index (χ3v) is 3.48. The fourth-order valence-electron chi connectivity index (χ4n) is 2.17. The first-order chi connectivity index (χ1) is 7.56. The molecule has 0 heterocycles. The van der Waals surface area contributed by atoms with E-state index in [0.717, 1.165) is 17.7 Å². The lowest BCUT2D eigenvalue weighted by Gasteiger charge is -2.20.